The number of nitro groups is 1. The summed E-state index contributed by atoms with van der Waals surface area (Å²) < 4.78 is 5.47. The van der Waals surface area contributed by atoms with Gasteiger partial charge in [-0.3, -0.25) is 10.1 Å². The largest absolute Gasteiger partial charge is 0.449 e. The number of para-hydroxylation sites is 1. The van der Waals surface area contributed by atoms with Gasteiger partial charge in [-0.15, -0.1) is 0 Å². The molecule has 0 unspecified atom stereocenters. The number of carbonyl (C=O) groups is 1. The number of ether oxygens (including phenoxy) is 1. The first kappa shape index (κ1) is 20.9. The number of anilines is 1. The van der Waals surface area contributed by atoms with Crippen LogP contribution in [-0.2, 0) is 4.74 Å². The summed E-state index contributed by atoms with van der Waals surface area (Å²) in [5.74, 6) is 5.56. The molecular weight excluding hydrogens is 406 g/mol. The topological polar surface area (TPSA) is 107 Å². The highest BCUT2D eigenvalue weighted by atomic mass is 16.6. The van der Waals surface area contributed by atoms with Crippen LogP contribution in [0.5, 0.6) is 0 Å². The molecule has 7 heteroatoms. The zero-order valence-corrected chi connectivity index (χ0v) is 17.2. The fourth-order valence-corrected chi connectivity index (χ4v) is 3.90. The molecule has 0 heterocycles. The van der Waals surface area contributed by atoms with Crippen molar-refractivity contribution in [3.63, 3.8) is 0 Å². The predicted octanol–water partition coefficient (Wildman–Crippen LogP) is 4.46. The van der Waals surface area contributed by atoms with Crippen molar-refractivity contribution in [2.75, 3.05) is 18.9 Å². The first-order valence-electron chi connectivity index (χ1n) is 10.2. The fraction of sp³-hybridized carbons (Fsp3) is 0.160. The highest BCUT2D eigenvalue weighted by Crippen LogP contribution is 2.44. The summed E-state index contributed by atoms with van der Waals surface area (Å²) >= 11 is 0. The van der Waals surface area contributed by atoms with Crippen LogP contribution >= 0.6 is 0 Å². The van der Waals surface area contributed by atoms with E-state index in [4.69, 9.17) is 10.5 Å². The Bertz CT molecular complexity index is 1200. The van der Waals surface area contributed by atoms with Gasteiger partial charge >= 0.3 is 11.8 Å². The monoisotopic (exact) mass is 427 g/mol. The standard InChI is InChI=1S/C25H21N3O4/c26-23-14-7-9-17(24(23)28(30)31)8-5-6-15-27-25(29)32-16-22-20-12-3-1-10-18(20)19-11-2-4-13-21(19)22/h1-4,7,9-14,22H,6,15-16,26H2,(H,27,29). The Morgan fingerprint density at radius 3 is 2.34 bits per heavy atom. The molecule has 160 valence electrons. The molecule has 0 bridgehead atoms. The Kier molecular flexibility index (Phi) is 6.04. The molecule has 7 nitrogen and oxygen atoms in total. The smallest absolute Gasteiger partial charge is 0.407 e. The number of rotatable bonds is 5. The van der Waals surface area contributed by atoms with Crippen LogP contribution < -0.4 is 11.1 Å². The van der Waals surface area contributed by atoms with Crippen molar-refractivity contribution in [3.8, 4) is 23.0 Å². The Labute approximate surface area is 185 Å². The van der Waals surface area contributed by atoms with E-state index < -0.39 is 11.0 Å². The number of nitrogens with two attached hydrogens (primary N) is 1. The van der Waals surface area contributed by atoms with Crippen LogP contribution in [0.25, 0.3) is 11.1 Å². The highest BCUT2D eigenvalue weighted by Gasteiger charge is 2.28. The summed E-state index contributed by atoms with van der Waals surface area (Å²) in [5.41, 5.74) is 10.4. The van der Waals surface area contributed by atoms with Crippen LogP contribution in [0.15, 0.2) is 66.7 Å². The Hall–Kier alpha value is -4.31. The van der Waals surface area contributed by atoms with Crippen molar-refractivity contribution in [2.24, 2.45) is 0 Å². The minimum atomic E-state index is -0.547. The molecule has 3 aromatic rings. The Morgan fingerprint density at radius 2 is 1.69 bits per heavy atom. The van der Waals surface area contributed by atoms with Gasteiger partial charge in [0.2, 0.25) is 0 Å². The average molecular weight is 427 g/mol. The van der Waals surface area contributed by atoms with Gasteiger partial charge in [0.15, 0.2) is 0 Å². The lowest BCUT2D eigenvalue weighted by atomic mass is 9.98. The summed E-state index contributed by atoms with van der Waals surface area (Å²) in [7, 11) is 0. The second kappa shape index (κ2) is 9.23. The average Bonchev–Trinajstić information content (AvgIpc) is 3.11. The molecule has 0 aliphatic heterocycles. The number of nitrogens with one attached hydrogen (secondary N) is 1. The van der Waals surface area contributed by atoms with Gasteiger partial charge in [0.05, 0.1) is 4.92 Å². The normalized spacial score (nSPS) is 11.6. The Balaban J connectivity index is 1.31. The molecule has 3 N–H and O–H groups in total. The van der Waals surface area contributed by atoms with Crippen LogP contribution in [0.1, 0.15) is 29.0 Å². The maximum Gasteiger partial charge on any atom is 0.407 e. The third-order valence-electron chi connectivity index (χ3n) is 5.34. The maximum atomic E-state index is 12.2. The van der Waals surface area contributed by atoms with E-state index in [0.29, 0.717) is 6.42 Å². The quantitative estimate of drug-likeness (QED) is 0.206. The molecule has 1 amide bonds. The lowest BCUT2D eigenvalue weighted by molar-refractivity contribution is -0.384. The van der Waals surface area contributed by atoms with E-state index in [9.17, 15) is 14.9 Å². The van der Waals surface area contributed by atoms with Crippen LogP contribution in [0.4, 0.5) is 16.2 Å². The summed E-state index contributed by atoms with van der Waals surface area (Å²) in [6.07, 6.45) is -0.209. The van der Waals surface area contributed by atoms with E-state index in [1.165, 1.54) is 17.2 Å². The minimum absolute atomic E-state index is 0.00275. The van der Waals surface area contributed by atoms with Gasteiger partial charge in [0.1, 0.15) is 17.9 Å². The predicted molar refractivity (Wildman–Crippen MR) is 122 cm³/mol. The second-order valence-electron chi connectivity index (χ2n) is 7.30. The van der Waals surface area contributed by atoms with Crippen molar-refractivity contribution in [3.05, 3.63) is 93.5 Å². The van der Waals surface area contributed by atoms with Gasteiger partial charge in [-0.2, -0.15) is 0 Å². The van der Waals surface area contributed by atoms with E-state index in [1.807, 2.05) is 24.3 Å². The molecule has 0 radical (unpaired) electrons. The van der Waals surface area contributed by atoms with Crippen molar-refractivity contribution in [1.82, 2.24) is 5.32 Å². The van der Waals surface area contributed by atoms with Gasteiger partial charge in [-0.1, -0.05) is 66.4 Å². The number of alkyl carbamates (subject to hydrolysis) is 1. The number of nitro benzene ring substituents is 1. The number of hydrogen-bond acceptors (Lipinski definition) is 5. The summed E-state index contributed by atoms with van der Waals surface area (Å²) in [4.78, 5) is 22.8. The summed E-state index contributed by atoms with van der Waals surface area (Å²) in [5, 5.41) is 13.8. The molecule has 0 fully saturated rings. The SMILES string of the molecule is Nc1cccc(C#CCCNC(=O)OCC2c3ccccc3-c3ccccc32)c1[N+](=O)[O-]. The number of nitrogens with zero attached hydrogens (tertiary/aromatic N) is 1. The van der Waals surface area contributed by atoms with Crippen LogP contribution in [-0.4, -0.2) is 24.2 Å². The molecular formula is C25H21N3O4. The number of nitrogen functional groups attached to an aromatic ring is 1. The molecule has 0 aromatic heterocycles. The van der Waals surface area contributed by atoms with Crippen LogP contribution in [0.3, 0.4) is 0 Å². The zero-order valence-electron chi connectivity index (χ0n) is 17.2. The number of fused-ring (bicyclic) bond motifs is 3. The lowest BCUT2D eigenvalue weighted by Gasteiger charge is -2.14. The maximum absolute atomic E-state index is 12.2. The van der Waals surface area contributed by atoms with Crippen molar-refractivity contribution >= 4 is 17.5 Å². The van der Waals surface area contributed by atoms with Crippen LogP contribution in [0.2, 0.25) is 0 Å². The van der Waals surface area contributed by atoms with Crippen molar-refractivity contribution < 1.29 is 14.5 Å². The number of amides is 1. The van der Waals surface area contributed by atoms with Gasteiger partial charge in [0, 0.05) is 18.9 Å². The second-order valence-corrected chi connectivity index (χ2v) is 7.30. The molecule has 0 saturated heterocycles. The third-order valence-corrected chi connectivity index (χ3v) is 5.34. The zero-order chi connectivity index (χ0) is 22.5. The van der Waals surface area contributed by atoms with E-state index in [2.05, 4.69) is 41.4 Å². The molecule has 3 aromatic carbocycles. The summed E-state index contributed by atoms with van der Waals surface area (Å²) in [6, 6.07) is 20.9. The molecule has 0 atom stereocenters. The molecule has 1 aliphatic rings. The highest BCUT2D eigenvalue weighted by molar-refractivity contribution is 5.79. The molecule has 0 spiro atoms. The minimum Gasteiger partial charge on any atom is -0.449 e. The summed E-state index contributed by atoms with van der Waals surface area (Å²) in [6.45, 7) is 0.501. The third kappa shape index (κ3) is 4.25. The number of benzene rings is 3. The van der Waals surface area contributed by atoms with Crippen molar-refractivity contribution in [1.29, 1.82) is 0 Å². The van der Waals surface area contributed by atoms with Crippen LogP contribution in [0, 0.1) is 22.0 Å². The van der Waals surface area contributed by atoms with Gasteiger partial charge < -0.3 is 15.8 Å². The van der Waals surface area contributed by atoms with E-state index in [1.54, 1.807) is 12.1 Å². The first-order valence-corrected chi connectivity index (χ1v) is 10.2. The van der Waals surface area contributed by atoms with E-state index in [0.717, 1.165) is 11.1 Å². The van der Waals surface area contributed by atoms with Crippen molar-refractivity contribution in [2.45, 2.75) is 12.3 Å². The van der Waals surface area contributed by atoms with Gasteiger partial charge in [-0.25, -0.2) is 4.79 Å². The van der Waals surface area contributed by atoms with E-state index >= 15 is 0 Å². The molecule has 32 heavy (non-hydrogen) atoms. The number of hydrogen-bond donors (Lipinski definition) is 2. The number of carbonyl (C=O) groups excluding carboxylic acids is 1. The van der Waals surface area contributed by atoms with Gasteiger partial charge in [0.25, 0.3) is 0 Å². The lowest BCUT2D eigenvalue weighted by Crippen LogP contribution is -2.26. The van der Waals surface area contributed by atoms with Gasteiger partial charge in [-0.05, 0) is 34.4 Å². The Morgan fingerprint density at radius 1 is 1.03 bits per heavy atom. The fourth-order valence-electron chi connectivity index (χ4n) is 3.90. The molecule has 0 saturated carbocycles. The molecule has 4 rings (SSSR count). The molecule has 1 aliphatic carbocycles. The first-order chi connectivity index (χ1) is 15.6. The van der Waals surface area contributed by atoms with E-state index in [-0.39, 0.29) is 36.0 Å².